The van der Waals surface area contributed by atoms with Gasteiger partial charge in [-0.25, -0.2) is 4.98 Å². The summed E-state index contributed by atoms with van der Waals surface area (Å²) >= 11 is 0. The minimum atomic E-state index is -0.295. The lowest BCUT2D eigenvalue weighted by Gasteiger charge is -2.12. The van der Waals surface area contributed by atoms with Gasteiger partial charge < -0.3 is 25.8 Å². The standard InChI is InChI=1S/C28H26N4O4/c1-30-27(34)24-4-2-3-19-15-21(9-10-23(19)24)36-22-11-14-31-25(16-22)32-26(33)18-5-7-20(8-6-18)35-17-28(29)12-13-28/h2-11,14-16H,12-13,17,29H2,1H3,(H,30,34)(H,31,32,33). The molecule has 1 aliphatic rings. The van der Waals surface area contributed by atoms with Crippen LogP contribution in [0.2, 0.25) is 0 Å². The highest BCUT2D eigenvalue weighted by Crippen LogP contribution is 2.33. The third-order valence-electron chi connectivity index (χ3n) is 6.07. The molecule has 8 heteroatoms. The van der Waals surface area contributed by atoms with E-state index in [1.807, 2.05) is 24.3 Å². The van der Waals surface area contributed by atoms with Crippen LogP contribution in [-0.4, -0.2) is 36.0 Å². The molecule has 8 nitrogen and oxygen atoms in total. The first-order chi connectivity index (χ1) is 17.4. The van der Waals surface area contributed by atoms with Crippen LogP contribution < -0.4 is 25.8 Å². The maximum absolute atomic E-state index is 12.7. The maximum atomic E-state index is 12.7. The number of fused-ring (bicyclic) bond motifs is 1. The van der Waals surface area contributed by atoms with E-state index in [0.29, 0.717) is 40.8 Å². The molecule has 1 aromatic heterocycles. The molecule has 1 fully saturated rings. The number of hydrogen-bond donors (Lipinski definition) is 3. The number of anilines is 1. The first kappa shape index (κ1) is 23.3. The molecule has 4 N–H and O–H groups in total. The van der Waals surface area contributed by atoms with Crippen LogP contribution in [0.4, 0.5) is 5.82 Å². The van der Waals surface area contributed by atoms with Gasteiger partial charge in [-0.05, 0) is 78.2 Å². The van der Waals surface area contributed by atoms with Crippen molar-refractivity contribution in [3.8, 4) is 17.2 Å². The van der Waals surface area contributed by atoms with Crippen LogP contribution in [-0.2, 0) is 0 Å². The van der Waals surface area contributed by atoms with Crippen molar-refractivity contribution in [2.75, 3.05) is 19.0 Å². The van der Waals surface area contributed by atoms with Crippen LogP contribution in [0.25, 0.3) is 10.8 Å². The molecule has 0 radical (unpaired) electrons. The van der Waals surface area contributed by atoms with Crippen molar-refractivity contribution < 1.29 is 19.1 Å². The predicted molar refractivity (Wildman–Crippen MR) is 138 cm³/mol. The minimum absolute atomic E-state index is 0.145. The number of rotatable bonds is 8. The molecule has 5 rings (SSSR count). The normalized spacial score (nSPS) is 13.6. The fourth-order valence-corrected chi connectivity index (χ4v) is 3.76. The zero-order valence-electron chi connectivity index (χ0n) is 19.8. The number of aromatic nitrogens is 1. The van der Waals surface area contributed by atoms with Gasteiger partial charge in [-0.1, -0.05) is 12.1 Å². The Bertz CT molecular complexity index is 1430. The Morgan fingerprint density at radius 2 is 1.69 bits per heavy atom. The molecule has 1 saturated carbocycles. The molecule has 1 aliphatic carbocycles. The molecule has 0 unspecified atom stereocenters. The Balaban J connectivity index is 1.25. The minimum Gasteiger partial charge on any atom is -0.492 e. The Kier molecular flexibility index (Phi) is 6.26. The van der Waals surface area contributed by atoms with Crippen molar-refractivity contribution in [1.82, 2.24) is 10.3 Å². The second-order valence-electron chi connectivity index (χ2n) is 8.88. The topological polar surface area (TPSA) is 116 Å². The summed E-state index contributed by atoms with van der Waals surface area (Å²) in [5.41, 5.74) is 6.92. The summed E-state index contributed by atoms with van der Waals surface area (Å²) in [7, 11) is 1.61. The number of hydrogen-bond acceptors (Lipinski definition) is 6. The molecule has 0 bridgehead atoms. The lowest BCUT2D eigenvalue weighted by Crippen LogP contribution is -2.29. The Hall–Kier alpha value is -4.43. The number of pyridine rings is 1. The number of amides is 2. The summed E-state index contributed by atoms with van der Waals surface area (Å²) in [6.45, 7) is 0.474. The van der Waals surface area contributed by atoms with Crippen LogP contribution >= 0.6 is 0 Å². The zero-order chi connectivity index (χ0) is 25.1. The average molecular weight is 483 g/mol. The molecule has 182 valence electrons. The molecule has 1 heterocycles. The summed E-state index contributed by atoms with van der Waals surface area (Å²) in [4.78, 5) is 29.0. The van der Waals surface area contributed by atoms with Gasteiger partial charge in [-0.2, -0.15) is 0 Å². The lowest BCUT2D eigenvalue weighted by atomic mass is 10.0. The van der Waals surface area contributed by atoms with E-state index in [1.165, 1.54) is 0 Å². The zero-order valence-corrected chi connectivity index (χ0v) is 19.8. The van der Waals surface area contributed by atoms with Crippen molar-refractivity contribution in [3.63, 3.8) is 0 Å². The molecule has 3 aromatic carbocycles. The van der Waals surface area contributed by atoms with E-state index in [2.05, 4.69) is 15.6 Å². The smallest absolute Gasteiger partial charge is 0.256 e. The van der Waals surface area contributed by atoms with E-state index in [1.54, 1.807) is 61.8 Å². The highest BCUT2D eigenvalue weighted by atomic mass is 16.5. The quantitative estimate of drug-likeness (QED) is 0.340. The van der Waals surface area contributed by atoms with Crippen LogP contribution in [0.5, 0.6) is 17.2 Å². The molecular formula is C28H26N4O4. The number of nitrogens with two attached hydrogens (primary N) is 1. The molecule has 0 aliphatic heterocycles. The highest BCUT2D eigenvalue weighted by Gasteiger charge is 2.39. The van der Waals surface area contributed by atoms with Crippen LogP contribution in [0.3, 0.4) is 0 Å². The second-order valence-corrected chi connectivity index (χ2v) is 8.88. The SMILES string of the molecule is CNC(=O)c1cccc2cc(Oc3ccnc(NC(=O)c4ccc(OCC5(N)CC5)cc4)c3)ccc12. The third-order valence-corrected chi connectivity index (χ3v) is 6.07. The summed E-state index contributed by atoms with van der Waals surface area (Å²) in [6.07, 6.45) is 3.51. The van der Waals surface area contributed by atoms with Crippen LogP contribution in [0.1, 0.15) is 33.6 Å². The molecule has 4 aromatic rings. The van der Waals surface area contributed by atoms with E-state index in [4.69, 9.17) is 15.2 Å². The van der Waals surface area contributed by atoms with Gasteiger partial charge in [0.05, 0.1) is 5.54 Å². The van der Waals surface area contributed by atoms with Gasteiger partial charge in [0.2, 0.25) is 0 Å². The van der Waals surface area contributed by atoms with Crippen molar-refractivity contribution >= 4 is 28.4 Å². The van der Waals surface area contributed by atoms with Gasteiger partial charge in [-0.15, -0.1) is 0 Å². The predicted octanol–water partition coefficient (Wildman–Crippen LogP) is 4.51. The second kappa shape index (κ2) is 9.67. The van der Waals surface area contributed by atoms with Crippen LogP contribution in [0.15, 0.2) is 79.0 Å². The Morgan fingerprint density at radius 3 is 2.44 bits per heavy atom. The number of carbonyl (C=O) groups is 2. The van der Waals surface area contributed by atoms with E-state index in [-0.39, 0.29) is 17.4 Å². The summed E-state index contributed by atoms with van der Waals surface area (Å²) in [6, 6.07) is 21.3. The first-order valence-corrected chi connectivity index (χ1v) is 11.6. The lowest BCUT2D eigenvalue weighted by molar-refractivity contribution is 0.0963. The Labute approximate surface area is 208 Å². The highest BCUT2D eigenvalue weighted by molar-refractivity contribution is 6.07. The van der Waals surface area contributed by atoms with Gasteiger partial charge in [0, 0.05) is 30.4 Å². The molecule has 36 heavy (non-hydrogen) atoms. The molecule has 0 saturated heterocycles. The molecular weight excluding hydrogens is 456 g/mol. The first-order valence-electron chi connectivity index (χ1n) is 11.6. The van der Waals surface area contributed by atoms with Gasteiger partial charge in [0.25, 0.3) is 11.8 Å². The van der Waals surface area contributed by atoms with Gasteiger partial charge in [0.1, 0.15) is 29.7 Å². The van der Waals surface area contributed by atoms with E-state index >= 15 is 0 Å². The summed E-state index contributed by atoms with van der Waals surface area (Å²) in [5, 5.41) is 7.15. The van der Waals surface area contributed by atoms with E-state index in [9.17, 15) is 9.59 Å². The third kappa shape index (κ3) is 5.29. The fourth-order valence-electron chi connectivity index (χ4n) is 3.76. The van der Waals surface area contributed by atoms with E-state index < -0.39 is 0 Å². The molecule has 0 atom stereocenters. The van der Waals surface area contributed by atoms with Crippen molar-refractivity contribution in [2.45, 2.75) is 18.4 Å². The summed E-state index contributed by atoms with van der Waals surface area (Å²) in [5.74, 6) is 1.71. The fraction of sp³-hybridized carbons (Fsp3) is 0.179. The summed E-state index contributed by atoms with van der Waals surface area (Å²) < 4.78 is 11.7. The maximum Gasteiger partial charge on any atom is 0.256 e. The van der Waals surface area contributed by atoms with Crippen molar-refractivity contribution in [2.24, 2.45) is 5.73 Å². The number of nitrogens with zero attached hydrogens (tertiary/aromatic N) is 1. The largest absolute Gasteiger partial charge is 0.492 e. The van der Waals surface area contributed by atoms with Gasteiger partial charge in [-0.3, -0.25) is 9.59 Å². The number of nitrogens with one attached hydrogen (secondary N) is 2. The monoisotopic (exact) mass is 482 g/mol. The molecule has 0 spiro atoms. The number of carbonyl (C=O) groups excluding carboxylic acids is 2. The number of ether oxygens (including phenoxy) is 2. The van der Waals surface area contributed by atoms with Gasteiger partial charge >= 0.3 is 0 Å². The number of benzene rings is 3. The average Bonchev–Trinajstić information content (AvgIpc) is 3.64. The van der Waals surface area contributed by atoms with Crippen molar-refractivity contribution in [3.05, 3.63) is 90.1 Å². The van der Waals surface area contributed by atoms with E-state index in [0.717, 1.165) is 23.6 Å². The van der Waals surface area contributed by atoms with Gasteiger partial charge in [0.15, 0.2) is 0 Å². The molecule has 2 amide bonds. The van der Waals surface area contributed by atoms with Crippen LogP contribution in [0, 0.1) is 0 Å². The van der Waals surface area contributed by atoms with Crippen molar-refractivity contribution in [1.29, 1.82) is 0 Å². The Morgan fingerprint density at radius 1 is 0.944 bits per heavy atom.